The maximum Gasteiger partial charge on any atom is 0.507 e. The van der Waals surface area contributed by atoms with Crippen molar-refractivity contribution >= 4 is 64.6 Å². The summed E-state index contributed by atoms with van der Waals surface area (Å²) in [6.45, 7) is 7.08. The summed E-state index contributed by atoms with van der Waals surface area (Å²) in [5, 5.41) is 4.81. The quantitative estimate of drug-likeness (QED) is 0.290. The highest BCUT2D eigenvalue weighted by atomic mass is 32.2. The topological polar surface area (TPSA) is 193 Å². The largest absolute Gasteiger partial charge is 0.507 e. The van der Waals surface area contributed by atoms with Crippen molar-refractivity contribution in [2.24, 2.45) is 0 Å². The van der Waals surface area contributed by atoms with Gasteiger partial charge < -0.3 is 34.3 Å². The van der Waals surface area contributed by atoms with Crippen LogP contribution in [0.25, 0.3) is 0 Å². The van der Waals surface area contributed by atoms with Crippen molar-refractivity contribution in [3.05, 3.63) is 0 Å². The molecule has 0 aromatic rings. The minimum Gasteiger partial charge on any atom is -0.469 e. The number of alkyl carbamates (subject to hydrolysis) is 1. The summed E-state index contributed by atoms with van der Waals surface area (Å²) in [4.78, 5) is 70.3. The number of nitrogens with one attached hydrogen (secondary N) is 2. The van der Waals surface area contributed by atoms with E-state index >= 15 is 0 Å². The van der Waals surface area contributed by atoms with Gasteiger partial charge in [0.1, 0.15) is 0 Å². The molecule has 0 unspecified atom stereocenters. The van der Waals surface area contributed by atoms with Crippen LogP contribution in [-0.4, -0.2) is 129 Å². The number of carbonyl (C=O) groups excluding carboxylic acids is 7. The molecule has 41 heavy (non-hydrogen) atoms. The predicted octanol–water partition coefficient (Wildman–Crippen LogP) is 2.45. The molecule has 4 amide bonds. The Morgan fingerprint density at radius 1 is 0.610 bits per heavy atom. The Balaban J connectivity index is -0.0000000515. The fourth-order valence-electron chi connectivity index (χ4n) is 0.407. The number of carbonyl (C=O) groups is 7. The van der Waals surface area contributed by atoms with Crippen LogP contribution in [0.15, 0.2) is 0 Å². The minimum absolute atomic E-state index is 0.00463. The van der Waals surface area contributed by atoms with Crippen LogP contribution in [0.5, 0.6) is 0 Å². The molecule has 0 atom stereocenters. The van der Waals surface area contributed by atoms with Crippen LogP contribution in [0.3, 0.4) is 0 Å². The van der Waals surface area contributed by atoms with Gasteiger partial charge in [-0.05, 0) is 18.8 Å². The minimum atomic E-state index is -0.657. The van der Waals surface area contributed by atoms with Crippen LogP contribution in [0.1, 0.15) is 34.6 Å². The number of hydrogen-bond acceptors (Lipinski definition) is 14. The zero-order chi connectivity index (χ0) is 35.0. The standard InChI is InChI=1S/C5H9NO2.C3H7NO2.C3H7NO.C3H6O3.C3H6O2.C3H6OS.C2H6O.C2H6S/c1-4(7)6(3)5(2)8;1-4-3(5)6-2;1-3(5)4-2;1-5-3(4)6-2;2*1-3(4)5-2;2*1-3-2/h1-3H3;1-2H3,(H,4,5);1-2H3,(H,4,5);1-2H3;2*1-2H3;2*1-2H3. The number of esters is 1. The summed E-state index contributed by atoms with van der Waals surface area (Å²) in [6, 6.07) is 0. The van der Waals surface area contributed by atoms with Gasteiger partial charge in [0.25, 0.3) is 0 Å². The number of ether oxygens (including phenoxy) is 5. The van der Waals surface area contributed by atoms with E-state index in [0.717, 1.165) is 4.90 Å². The molecule has 248 valence electrons. The Kier molecular flexibility index (Phi) is 75.0. The van der Waals surface area contributed by atoms with Gasteiger partial charge in [0.05, 0.1) is 28.4 Å². The number of imide groups is 1. The van der Waals surface area contributed by atoms with Crippen molar-refractivity contribution < 1.29 is 57.2 Å². The average molecular weight is 640 g/mol. The first kappa shape index (κ1) is 57.8. The highest BCUT2D eigenvalue weighted by Gasteiger charge is 2.04. The molecule has 0 fully saturated rings. The molecule has 0 aromatic heterocycles. The molecule has 0 saturated heterocycles. The van der Waals surface area contributed by atoms with Crippen molar-refractivity contribution in [1.82, 2.24) is 15.5 Å². The normalized spacial score (nSPS) is 7.15. The molecular formula is C24H53N3O12S2. The molecule has 0 aliphatic carbocycles. The summed E-state index contributed by atoms with van der Waals surface area (Å²) >= 11 is 2.99. The monoisotopic (exact) mass is 639 g/mol. The van der Waals surface area contributed by atoms with Gasteiger partial charge in [0, 0.05) is 70.0 Å². The van der Waals surface area contributed by atoms with E-state index in [9.17, 15) is 33.6 Å². The molecule has 0 rings (SSSR count). The summed E-state index contributed by atoms with van der Waals surface area (Å²) < 4.78 is 20.6. The molecule has 0 radical (unpaired) electrons. The number of hydrogen-bond donors (Lipinski definition) is 2. The molecule has 15 nitrogen and oxygen atoms in total. The lowest BCUT2D eigenvalue weighted by Gasteiger charge is -2.07. The van der Waals surface area contributed by atoms with Gasteiger partial charge in [-0.15, -0.1) is 0 Å². The van der Waals surface area contributed by atoms with Gasteiger partial charge in [0.2, 0.25) is 17.7 Å². The van der Waals surface area contributed by atoms with E-state index in [1.54, 1.807) is 46.2 Å². The fourth-order valence-corrected chi connectivity index (χ4v) is 0.407. The first-order valence-electron chi connectivity index (χ1n) is 11.0. The molecule has 0 bridgehead atoms. The fraction of sp³-hybridized carbons (Fsp3) is 0.708. The lowest BCUT2D eigenvalue weighted by molar-refractivity contribution is -0.140. The van der Waals surface area contributed by atoms with Gasteiger partial charge in [-0.3, -0.25) is 28.9 Å². The van der Waals surface area contributed by atoms with E-state index in [1.807, 2.05) is 12.5 Å². The number of methoxy groups -OCH3 is 5. The van der Waals surface area contributed by atoms with Crippen molar-refractivity contribution in [1.29, 1.82) is 0 Å². The molecule has 0 aromatic carbocycles. The van der Waals surface area contributed by atoms with E-state index in [4.69, 9.17) is 0 Å². The van der Waals surface area contributed by atoms with Crippen LogP contribution in [0.2, 0.25) is 0 Å². The van der Waals surface area contributed by atoms with Crippen LogP contribution < -0.4 is 10.6 Å². The first-order valence-corrected chi connectivity index (χ1v) is 13.9. The predicted molar refractivity (Wildman–Crippen MR) is 164 cm³/mol. The van der Waals surface area contributed by atoms with E-state index in [1.165, 1.54) is 82.0 Å². The average Bonchev–Trinajstić information content (AvgIpc) is 2.93. The maximum absolute atomic E-state index is 10.3. The molecule has 0 aliphatic rings. The lowest BCUT2D eigenvalue weighted by Crippen LogP contribution is -2.28. The highest BCUT2D eigenvalue weighted by Crippen LogP contribution is 1.88. The second kappa shape index (κ2) is 53.2. The molecule has 17 heteroatoms. The zero-order valence-electron chi connectivity index (χ0n) is 27.7. The highest BCUT2D eigenvalue weighted by molar-refractivity contribution is 8.12. The van der Waals surface area contributed by atoms with Crippen LogP contribution >= 0.6 is 23.5 Å². The smallest absolute Gasteiger partial charge is 0.469 e. The zero-order valence-corrected chi connectivity index (χ0v) is 29.3. The second-order valence-electron chi connectivity index (χ2n) is 6.01. The Morgan fingerprint density at radius 3 is 0.854 bits per heavy atom. The lowest BCUT2D eigenvalue weighted by atomic mass is 10.5. The van der Waals surface area contributed by atoms with E-state index in [0.29, 0.717) is 0 Å². The molecule has 2 N–H and O–H groups in total. The summed E-state index contributed by atoms with van der Waals surface area (Å²) in [5.41, 5.74) is 0. The van der Waals surface area contributed by atoms with Gasteiger partial charge in [-0.1, -0.05) is 11.8 Å². The Bertz CT molecular complexity index is 576. The number of rotatable bonds is 0. The van der Waals surface area contributed by atoms with E-state index in [2.05, 4.69) is 34.3 Å². The van der Waals surface area contributed by atoms with Crippen LogP contribution in [0.4, 0.5) is 9.59 Å². The maximum atomic E-state index is 10.3. The summed E-state index contributed by atoms with van der Waals surface area (Å²) in [6.07, 6.45) is 4.78. The van der Waals surface area contributed by atoms with Crippen molar-refractivity contribution in [3.8, 4) is 0 Å². The molecule has 0 heterocycles. The van der Waals surface area contributed by atoms with Gasteiger partial charge in [-0.25, -0.2) is 9.59 Å². The van der Waals surface area contributed by atoms with E-state index < -0.39 is 12.2 Å². The molecule has 0 saturated carbocycles. The molecule has 0 spiro atoms. The van der Waals surface area contributed by atoms with Gasteiger partial charge in [0.15, 0.2) is 5.12 Å². The van der Waals surface area contributed by atoms with Crippen molar-refractivity contribution in [3.63, 3.8) is 0 Å². The third-order valence-electron chi connectivity index (χ3n) is 2.59. The van der Waals surface area contributed by atoms with Crippen molar-refractivity contribution in [2.45, 2.75) is 34.6 Å². The van der Waals surface area contributed by atoms with E-state index in [-0.39, 0.29) is 28.8 Å². The molecule has 0 aliphatic heterocycles. The third kappa shape index (κ3) is 126. The Morgan fingerprint density at radius 2 is 0.854 bits per heavy atom. The van der Waals surface area contributed by atoms with Gasteiger partial charge in [-0.2, -0.15) is 11.8 Å². The second-order valence-corrected chi connectivity index (χ2v) is 7.81. The first-order chi connectivity index (χ1) is 18.8. The summed E-state index contributed by atoms with van der Waals surface area (Å²) in [7, 11) is 13.0. The third-order valence-corrected chi connectivity index (χ3v) is 3.17. The van der Waals surface area contributed by atoms with Crippen molar-refractivity contribution in [2.75, 3.05) is 82.6 Å². The van der Waals surface area contributed by atoms with Gasteiger partial charge >= 0.3 is 18.2 Å². The summed E-state index contributed by atoms with van der Waals surface area (Å²) in [5.74, 6) is -0.690. The molecular weight excluding hydrogens is 586 g/mol. The van der Waals surface area contributed by atoms with Crippen LogP contribution in [-0.2, 0) is 47.7 Å². The van der Waals surface area contributed by atoms with Crippen LogP contribution in [0, 0.1) is 0 Å². The number of nitrogens with zero attached hydrogens (tertiary/aromatic N) is 1. The Labute approximate surface area is 254 Å². The number of thioether (sulfide) groups is 2. The number of amides is 4. The SMILES string of the molecule is CC(=O)N(C)C(C)=O.CNC(=O)OC.CNC(C)=O.COC.COC(=O)OC.COC(C)=O.CSC.CSC(C)=O. The Hall–Kier alpha value is -3.05.